The molecule has 1 aromatic rings. The van der Waals surface area contributed by atoms with Crippen molar-refractivity contribution in [1.29, 1.82) is 0 Å². The van der Waals surface area contributed by atoms with Crippen molar-refractivity contribution < 1.29 is 22.5 Å². The molecular weight excluding hydrogens is 381 g/mol. The second-order valence-corrected chi connectivity index (χ2v) is 9.28. The molecule has 0 aliphatic heterocycles. The van der Waals surface area contributed by atoms with Gasteiger partial charge in [0.15, 0.2) is 0 Å². The minimum Gasteiger partial charge on any atom is -0.396 e. The molecule has 0 aliphatic rings. The van der Waals surface area contributed by atoms with E-state index in [1.807, 2.05) is 0 Å². The molecule has 0 spiro atoms. The standard InChI is InChI=1S/C15H20BrF3O2S/c1-14(2,3)22(21)9-15(6-7-20,13(18)19)11-8-10(16)4-5-12(11)17/h4-5,8,13,20H,6-7,9H2,1-3H3/t15-,22+/m0/s1. The van der Waals surface area contributed by atoms with E-state index in [2.05, 4.69) is 15.9 Å². The maximum atomic E-state index is 14.2. The maximum absolute atomic E-state index is 14.2. The van der Waals surface area contributed by atoms with Gasteiger partial charge in [0.05, 0.1) is 5.41 Å². The van der Waals surface area contributed by atoms with Crippen molar-refractivity contribution in [2.24, 2.45) is 0 Å². The zero-order valence-electron chi connectivity index (χ0n) is 12.7. The summed E-state index contributed by atoms with van der Waals surface area (Å²) in [7, 11) is -1.62. The summed E-state index contributed by atoms with van der Waals surface area (Å²) in [5.74, 6) is -1.20. The number of alkyl halides is 2. The van der Waals surface area contributed by atoms with Crippen LogP contribution in [0.3, 0.4) is 0 Å². The molecule has 0 unspecified atom stereocenters. The van der Waals surface area contributed by atoms with E-state index in [1.54, 1.807) is 20.8 Å². The first-order valence-electron chi connectivity index (χ1n) is 6.77. The Bertz CT molecular complexity index is 546. The molecule has 2 atom stereocenters. The van der Waals surface area contributed by atoms with Gasteiger partial charge in [-0.1, -0.05) is 15.9 Å². The van der Waals surface area contributed by atoms with Gasteiger partial charge in [0.2, 0.25) is 6.43 Å². The van der Waals surface area contributed by atoms with Crippen LogP contribution in [0.15, 0.2) is 22.7 Å². The average molecular weight is 401 g/mol. The van der Waals surface area contributed by atoms with Gasteiger partial charge in [-0.3, -0.25) is 4.21 Å². The fourth-order valence-electron chi connectivity index (χ4n) is 2.10. The number of hydrogen-bond acceptors (Lipinski definition) is 2. The Kier molecular flexibility index (Phi) is 6.65. The molecule has 22 heavy (non-hydrogen) atoms. The zero-order chi connectivity index (χ0) is 17.1. The molecule has 1 rings (SSSR count). The van der Waals surface area contributed by atoms with Crippen molar-refractivity contribution in [3.05, 3.63) is 34.1 Å². The summed E-state index contributed by atoms with van der Waals surface area (Å²) >= 11 is 3.14. The summed E-state index contributed by atoms with van der Waals surface area (Å²) in [6.07, 6.45) is -3.31. The monoisotopic (exact) mass is 400 g/mol. The van der Waals surface area contributed by atoms with E-state index >= 15 is 0 Å². The van der Waals surface area contributed by atoms with Gasteiger partial charge in [-0.15, -0.1) is 0 Å². The Hall–Kier alpha value is -0.400. The number of hydrogen-bond donors (Lipinski definition) is 1. The molecule has 0 heterocycles. The van der Waals surface area contributed by atoms with Crippen LogP contribution in [0.5, 0.6) is 0 Å². The lowest BCUT2D eigenvalue weighted by atomic mass is 9.79. The van der Waals surface area contributed by atoms with Gasteiger partial charge in [0, 0.05) is 37.9 Å². The van der Waals surface area contributed by atoms with Crippen LogP contribution in [0.4, 0.5) is 13.2 Å². The van der Waals surface area contributed by atoms with E-state index in [-0.39, 0.29) is 12.0 Å². The van der Waals surface area contributed by atoms with Crippen LogP contribution >= 0.6 is 15.9 Å². The third-order valence-corrected chi connectivity index (χ3v) is 6.15. The lowest BCUT2D eigenvalue weighted by Crippen LogP contribution is -2.44. The summed E-state index contributed by atoms with van der Waals surface area (Å²) in [6, 6.07) is 3.78. The highest BCUT2D eigenvalue weighted by Gasteiger charge is 2.46. The lowest BCUT2D eigenvalue weighted by molar-refractivity contribution is 0.0432. The number of aliphatic hydroxyl groups is 1. The molecule has 1 N–H and O–H groups in total. The molecule has 0 saturated carbocycles. The second-order valence-electron chi connectivity index (χ2n) is 6.16. The predicted octanol–water partition coefficient (Wildman–Crippen LogP) is 4.02. The summed E-state index contributed by atoms with van der Waals surface area (Å²) in [5.41, 5.74) is -2.20. The molecular formula is C15H20BrF3O2S. The van der Waals surface area contributed by atoms with Crippen LogP contribution < -0.4 is 0 Å². The number of benzene rings is 1. The topological polar surface area (TPSA) is 37.3 Å². The van der Waals surface area contributed by atoms with Gasteiger partial charge in [-0.05, 0) is 45.4 Å². The van der Waals surface area contributed by atoms with Crippen LogP contribution in [0.1, 0.15) is 32.8 Å². The van der Waals surface area contributed by atoms with Crippen molar-refractivity contribution in [2.75, 3.05) is 12.4 Å². The van der Waals surface area contributed by atoms with Gasteiger partial charge in [-0.2, -0.15) is 0 Å². The molecule has 126 valence electrons. The fourth-order valence-corrected chi connectivity index (χ4v) is 3.79. The number of rotatable bonds is 6. The van der Waals surface area contributed by atoms with Crippen molar-refractivity contribution in [3.63, 3.8) is 0 Å². The highest BCUT2D eigenvalue weighted by Crippen LogP contribution is 2.39. The predicted molar refractivity (Wildman–Crippen MR) is 86.2 cm³/mol. The molecule has 0 saturated heterocycles. The quantitative estimate of drug-likeness (QED) is 0.782. The average Bonchev–Trinajstić information content (AvgIpc) is 2.39. The summed E-state index contributed by atoms with van der Waals surface area (Å²) in [6.45, 7) is 4.48. The van der Waals surface area contributed by atoms with Gasteiger partial charge < -0.3 is 5.11 Å². The maximum Gasteiger partial charge on any atom is 0.249 e. The Morgan fingerprint density at radius 2 is 1.91 bits per heavy atom. The van der Waals surface area contributed by atoms with Crippen molar-refractivity contribution in [1.82, 2.24) is 0 Å². The highest BCUT2D eigenvalue weighted by molar-refractivity contribution is 9.10. The lowest BCUT2D eigenvalue weighted by Gasteiger charge is -2.35. The molecule has 0 amide bonds. The molecule has 1 aromatic carbocycles. The first kappa shape index (κ1) is 19.6. The Morgan fingerprint density at radius 1 is 1.32 bits per heavy atom. The highest BCUT2D eigenvalue weighted by atomic mass is 79.9. The first-order valence-corrected chi connectivity index (χ1v) is 8.89. The Morgan fingerprint density at radius 3 is 2.36 bits per heavy atom. The first-order chi connectivity index (χ1) is 10.0. The molecule has 0 aromatic heterocycles. The van der Waals surface area contributed by atoms with E-state index in [9.17, 15) is 22.5 Å². The third kappa shape index (κ3) is 4.32. The SMILES string of the molecule is CC(C)(C)[S@](=O)C[C@@](CCO)(c1cc(Br)ccc1F)C(F)F. The smallest absolute Gasteiger partial charge is 0.249 e. The van der Waals surface area contributed by atoms with Crippen LogP contribution in [-0.2, 0) is 16.2 Å². The molecule has 0 bridgehead atoms. The second kappa shape index (κ2) is 7.45. The van der Waals surface area contributed by atoms with E-state index < -0.39 is 45.6 Å². The Labute approximate surface area is 139 Å². The van der Waals surface area contributed by atoms with Crippen molar-refractivity contribution in [2.45, 2.75) is 43.8 Å². The fraction of sp³-hybridized carbons (Fsp3) is 0.600. The zero-order valence-corrected chi connectivity index (χ0v) is 15.1. The largest absolute Gasteiger partial charge is 0.396 e. The van der Waals surface area contributed by atoms with Crippen molar-refractivity contribution >= 4 is 26.7 Å². The van der Waals surface area contributed by atoms with Crippen LogP contribution in [0.2, 0.25) is 0 Å². The number of aliphatic hydroxyl groups excluding tert-OH is 1. The minimum absolute atomic E-state index is 0.219. The molecule has 2 nitrogen and oxygen atoms in total. The van der Waals surface area contributed by atoms with E-state index in [0.29, 0.717) is 4.47 Å². The molecule has 7 heteroatoms. The summed E-state index contributed by atoms with van der Waals surface area (Å²) in [5, 5.41) is 9.22. The van der Waals surface area contributed by atoms with Crippen LogP contribution in [0.25, 0.3) is 0 Å². The molecule has 0 fully saturated rings. The summed E-state index contributed by atoms with van der Waals surface area (Å²) in [4.78, 5) is 0. The van der Waals surface area contributed by atoms with Crippen LogP contribution in [0, 0.1) is 5.82 Å². The minimum atomic E-state index is -2.95. The Balaban J connectivity index is 3.45. The number of halogens is 4. The molecule has 0 aliphatic carbocycles. The van der Waals surface area contributed by atoms with E-state index in [1.165, 1.54) is 12.1 Å². The summed E-state index contributed by atoms with van der Waals surface area (Å²) < 4.78 is 54.0. The normalized spacial score (nSPS) is 16.6. The van der Waals surface area contributed by atoms with Crippen LogP contribution in [-0.4, -0.2) is 32.8 Å². The molecule has 0 radical (unpaired) electrons. The van der Waals surface area contributed by atoms with Gasteiger partial charge in [0.1, 0.15) is 5.82 Å². The van der Waals surface area contributed by atoms with Crippen molar-refractivity contribution in [3.8, 4) is 0 Å². The van der Waals surface area contributed by atoms with E-state index in [0.717, 1.165) is 6.07 Å². The van der Waals surface area contributed by atoms with Gasteiger partial charge >= 0.3 is 0 Å². The van der Waals surface area contributed by atoms with Gasteiger partial charge in [0.25, 0.3) is 0 Å². The third-order valence-electron chi connectivity index (χ3n) is 3.51. The van der Waals surface area contributed by atoms with E-state index in [4.69, 9.17) is 0 Å². The van der Waals surface area contributed by atoms with Gasteiger partial charge in [-0.25, -0.2) is 13.2 Å².